The summed E-state index contributed by atoms with van der Waals surface area (Å²) < 4.78 is 0. The Bertz CT molecular complexity index is 397. The molecule has 1 aromatic carbocycles. The number of aryl methyl sites for hydroxylation is 1. The van der Waals surface area contributed by atoms with Crippen molar-refractivity contribution in [2.45, 2.75) is 19.8 Å². The van der Waals surface area contributed by atoms with Crippen LogP contribution in [0, 0.1) is 12.8 Å². The molecule has 2 nitrogen and oxygen atoms in total. The second-order valence-corrected chi connectivity index (χ2v) is 4.78. The Hall–Kier alpha value is -0.860. The normalized spacial score (nSPS) is 17.4. The van der Waals surface area contributed by atoms with Crippen molar-refractivity contribution in [1.29, 1.82) is 0 Å². The summed E-state index contributed by atoms with van der Waals surface area (Å²) in [6.07, 6.45) is 1.87. The Morgan fingerprint density at radius 3 is 2.75 bits per heavy atom. The molecule has 2 rings (SSSR count). The number of carbonyl (C=O) groups excluding carboxylic acids is 1. The minimum Gasteiger partial charge on any atom is -0.317 e. The quantitative estimate of drug-likeness (QED) is 0.802. The molecule has 0 atom stereocenters. The zero-order valence-electron chi connectivity index (χ0n) is 9.42. The van der Waals surface area contributed by atoms with Gasteiger partial charge >= 0.3 is 0 Å². The molecule has 0 bridgehead atoms. The highest BCUT2D eigenvalue weighted by Gasteiger charge is 2.23. The van der Waals surface area contributed by atoms with Crippen LogP contribution in [-0.4, -0.2) is 18.9 Å². The highest BCUT2D eigenvalue weighted by atomic mass is 35.5. The molecule has 0 radical (unpaired) electrons. The molecule has 0 saturated carbocycles. The minimum absolute atomic E-state index is 0.165. The Morgan fingerprint density at radius 2 is 2.06 bits per heavy atom. The molecular weight excluding hydrogens is 222 g/mol. The van der Waals surface area contributed by atoms with Crippen molar-refractivity contribution in [1.82, 2.24) is 5.32 Å². The number of halogens is 1. The van der Waals surface area contributed by atoms with Gasteiger partial charge in [0, 0.05) is 16.5 Å². The van der Waals surface area contributed by atoms with Gasteiger partial charge in [-0.3, -0.25) is 4.79 Å². The fourth-order valence-corrected chi connectivity index (χ4v) is 2.34. The Kier molecular flexibility index (Phi) is 3.62. The van der Waals surface area contributed by atoms with E-state index in [4.69, 9.17) is 11.6 Å². The molecule has 1 N–H and O–H groups in total. The van der Waals surface area contributed by atoms with Gasteiger partial charge in [-0.15, -0.1) is 0 Å². The average Bonchev–Trinajstić information content (AvgIpc) is 2.32. The number of hydrogen-bond donors (Lipinski definition) is 1. The number of Topliss-reactive ketones (excluding diaryl/α,β-unsaturated/α-hetero) is 1. The third-order valence-corrected chi connectivity index (χ3v) is 3.41. The van der Waals surface area contributed by atoms with E-state index in [0.717, 1.165) is 37.1 Å². The van der Waals surface area contributed by atoms with E-state index in [0.29, 0.717) is 5.02 Å². The lowest BCUT2D eigenvalue weighted by molar-refractivity contribution is 0.0894. The molecule has 0 amide bonds. The molecule has 1 heterocycles. The lowest BCUT2D eigenvalue weighted by Crippen LogP contribution is -2.32. The van der Waals surface area contributed by atoms with Crippen molar-refractivity contribution < 1.29 is 4.79 Å². The molecule has 16 heavy (non-hydrogen) atoms. The summed E-state index contributed by atoms with van der Waals surface area (Å²) in [4.78, 5) is 12.3. The molecule has 3 heteroatoms. The number of benzene rings is 1. The number of rotatable bonds is 2. The second kappa shape index (κ2) is 4.98. The summed E-state index contributed by atoms with van der Waals surface area (Å²) >= 11 is 5.94. The minimum atomic E-state index is 0.165. The molecule has 0 spiro atoms. The molecule has 0 unspecified atom stereocenters. The van der Waals surface area contributed by atoms with Gasteiger partial charge in [0.1, 0.15) is 0 Å². The van der Waals surface area contributed by atoms with Crippen LogP contribution in [0.3, 0.4) is 0 Å². The van der Waals surface area contributed by atoms with Crippen LogP contribution in [0.4, 0.5) is 0 Å². The van der Waals surface area contributed by atoms with Crippen LogP contribution in [0.25, 0.3) is 0 Å². The first-order valence-corrected chi connectivity index (χ1v) is 6.07. The molecule has 1 fully saturated rings. The first-order chi connectivity index (χ1) is 7.68. The Balaban J connectivity index is 2.22. The van der Waals surface area contributed by atoms with Crippen LogP contribution >= 0.6 is 11.6 Å². The molecular formula is C13H16ClNO. The largest absolute Gasteiger partial charge is 0.317 e. The van der Waals surface area contributed by atoms with Crippen molar-refractivity contribution in [3.8, 4) is 0 Å². The van der Waals surface area contributed by atoms with E-state index >= 15 is 0 Å². The molecule has 86 valence electrons. The predicted molar refractivity (Wildman–Crippen MR) is 66.1 cm³/mol. The van der Waals surface area contributed by atoms with Gasteiger partial charge in [0.25, 0.3) is 0 Å². The number of carbonyl (C=O) groups is 1. The van der Waals surface area contributed by atoms with Crippen LogP contribution < -0.4 is 5.32 Å². The highest BCUT2D eigenvalue weighted by molar-refractivity contribution is 6.31. The number of nitrogens with one attached hydrogen (secondary N) is 1. The Labute approximate surface area is 101 Å². The number of hydrogen-bond acceptors (Lipinski definition) is 2. The van der Waals surface area contributed by atoms with Crippen LogP contribution in [-0.2, 0) is 0 Å². The maximum absolute atomic E-state index is 12.3. The predicted octanol–water partition coefficient (Wildman–Crippen LogP) is 2.83. The second-order valence-electron chi connectivity index (χ2n) is 4.35. The van der Waals surface area contributed by atoms with E-state index in [1.807, 2.05) is 19.1 Å². The van der Waals surface area contributed by atoms with E-state index in [9.17, 15) is 4.79 Å². The van der Waals surface area contributed by atoms with E-state index in [1.54, 1.807) is 6.07 Å². The third-order valence-electron chi connectivity index (χ3n) is 3.18. The van der Waals surface area contributed by atoms with Crippen molar-refractivity contribution in [2.24, 2.45) is 5.92 Å². The lowest BCUT2D eigenvalue weighted by atomic mass is 9.88. The highest BCUT2D eigenvalue weighted by Crippen LogP contribution is 2.22. The Morgan fingerprint density at radius 1 is 1.38 bits per heavy atom. The molecule has 1 saturated heterocycles. The van der Waals surface area contributed by atoms with Gasteiger partial charge in [0.15, 0.2) is 5.78 Å². The topological polar surface area (TPSA) is 29.1 Å². The van der Waals surface area contributed by atoms with E-state index in [-0.39, 0.29) is 11.7 Å². The van der Waals surface area contributed by atoms with E-state index in [2.05, 4.69) is 5.32 Å². The summed E-state index contributed by atoms with van der Waals surface area (Å²) in [7, 11) is 0. The SMILES string of the molecule is Cc1ccc(Cl)cc1C(=O)C1CCNCC1. The molecule has 1 aromatic rings. The zero-order valence-corrected chi connectivity index (χ0v) is 10.2. The van der Waals surface area contributed by atoms with Crippen LogP contribution in [0.15, 0.2) is 18.2 Å². The summed E-state index contributed by atoms with van der Waals surface area (Å²) in [6, 6.07) is 5.54. The fourth-order valence-electron chi connectivity index (χ4n) is 2.16. The standard InChI is InChI=1S/C13H16ClNO/c1-9-2-3-11(14)8-12(9)13(16)10-4-6-15-7-5-10/h2-3,8,10,15H,4-7H2,1H3. The molecule has 0 aromatic heterocycles. The van der Waals surface area contributed by atoms with Gasteiger partial charge in [0.05, 0.1) is 0 Å². The first kappa shape index (κ1) is 11.6. The molecule has 1 aliphatic heterocycles. The number of piperidine rings is 1. The van der Waals surface area contributed by atoms with Crippen molar-refractivity contribution in [3.05, 3.63) is 34.3 Å². The van der Waals surface area contributed by atoms with Crippen molar-refractivity contribution in [2.75, 3.05) is 13.1 Å². The molecule has 1 aliphatic rings. The first-order valence-electron chi connectivity index (χ1n) is 5.69. The lowest BCUT2D eigenvalue weighted by Gasteiger charge is -2.22. The van der Waals surface area contributed by atoms with Gasteiger partial charge in [-0.05, 0) is 50.6 Å². The maximum Gasteiger partial charge on any atom is 0.166 e. The fraction of sp³-hybridized carbons (Fsp3) is 0.462. The smallest absolute Gasteiger partial charge is 0.166 e. The zero-order chi connectivity index (χ0) is 11.5. The van der Waals surface area contributed by atoms with Crippen LogP contribution in [0.5, 0.6) is 0 Å². The van der Waals surface area contributed by atoms with Gasteiger partial charge in [-0.2, -0.15) is 0 Å². The van der Waals surface area contributed by atoms with Crippen molar-refractivity contribution >= 4 is 17.4 Å². The van der Waals surface area contributed by atoms with Crippen LogP contribution in [0.1, 0.15) is 28.8 Å². The maximum atomic E-state index is 12.3. The van der Waals surface area contributed by atoms with E-state index in [1.165, 1.54) is 0 Å². The average molecular weight is 238 g/mol. The summed E-state index contributed by atoms with van der Waals surface area (Å²) in [5.41, 5.74) is 1.81. The third kappa shape index (κ3) is 2.45. The van der Waals surface area contributed by atoms with Gasteiger partial charge in [-0.1, -0.05) is 17.7 Å². The van der Waals surface area contributed by atoms with Crippen LogP contribution in [0.2, 0.25) is 5.02 Å². The van der Waals surface area contributed by atoms with E-state index < -0.39 is 0 Å². The summed E-state index contributed by atoms with van der Waals surface area (Å²) in [5, 5.41) is 3.91. The van der Waals surface area contributed by atoms with Crippen molar-refractivity contribution in [3.63, 3.8) is 0 Å². The monoisotopic (exact) mass is 237 g/mol. The van der Waals surface area contributed by atoms with Gasteiger partial charge in [0.2, 0.25) is 0 Å². The number of ketones is 1. The van der Waals surface area contributed by atoms with Gasteiger partial charge < -0.3 is 5.32 Å². The molecule has 0 aliphatic carbocycles. The van der Waals surface area contributed by atoms with Gasteiger partial charge in [-0.25, -0.2) is 0 Å². The summed E-state index contributed by atoms with van der Waals surface area (Å²) in [5.74, 6) is 0.417. The summed E-state index contributed by atoms with van der Waals surface area (Å²) in [6.45, 7) is 3.84.